The van der Waals surface area contributed by atoms with Crippen LogP contribution in [0.15, 0.2) is 18.2 Å². The first kappa shape index (κ1) is 18.3. The molecule has 2 amide bonds. The van der Waals surface area contributed by atoms with Crippen molar-refractivity contribution in [3.63, 3.8) is 0 Å². The van der Waals surface area contributed by atoms with E-state index in [0.717, 1.165) is 0 Å². The van der Waals surface area contributed by atoms with E-state index in [-0.39, 0.29) is 50.7 Å². The van der Waals surface area contributed by atoms with Crippen LogP contribution in [-0.4, -0.2) is 48.2 Å². The van der Waals surface area contributed by atoms with Crippen LogP contribution in [0.4, 0.5) is 10.1 Å². The van der Waals surface area contributed by atoms with Gasteiger partial charge in [-0.2, -0.15) is 0 Å². The normalized spacial score (nSPS) is 22.3. The Kier molecular flexibility index (Phi) is 4.95. The molecule has 0 spiro atoms. The van der Waals surface area contributed by atoms with Gasteiger partial charge >= 0.3 is 5.97 Å². The van der Waals surface area contributed by atoms with Crippen LogP contribution in [-0.2, 0) is 19.1 Å². The van der Waals surface area contributed by atoms with Crippen LogP contribution in [0, 0.1) is 18.7 Å². The molecule has 0 aliphatic carbocycles. The third-order valence-electron chi connectivity index (χ3n) is 5.07. The van der Waals surface area contributed by atoms with Crippen LogP contribution in [0.25, 0.3) is 0 Å². The smallest absolute Gasteiger partial charge is 0.329 e. The molecule has 1 aromatic carbocycles. The Morgan fingerprint density at radius 2 is 2.04 bits per heavy atom. The van der Waals surface area contributed by atoms with Gasteiger partial charge in [0.1, 0.15) is 11.4 Å². The van der Waals surface area contributed by atoms with Gasteiger partial charge in [0, 0.05) is 44.7 Å². The summed E-state index contributed by atoms with van der Waals surface area (Å²) in [4.78, 5) is 38.0. The quantitative estimate of drug-likeness (QED) is 0.838. The standard InChI is InChI=1S/C18H21FN2O5/c1-11-8-13(2-3-14(11)19)21-10-12(9-15(21)22)16(23)20-18(17(24)25)4-6-26-7-5-18/h2-3,8,12H,4-7,9-10H2,1H3,(H,20,23)(H,24,25). The van der Waals surface area contributed by atoms with E-state index in [2.05, 4.69) is 5.32 Å². The number of anilines is 1. The molecule has 2 saturated heterocycles. The number of nitrogens with one attached hydrogen (secondary N) is 1. The van der Waals surface area contributed by atoms with Gasteiger partial charge in [0.2, 0.25) is 11.8 Å². The molecule has 0 bridgehead atoms. The van der Waals surface area contributed by atoms with Crippen LogP contribution in [0.2, 0.25) is 0 Å². The van der Waals surface area contributed by atoms with Gasteiger partial charge in [-0.3, -0.25) is 9.59 Å². The number of hydrogen-bond acceptors (Lipinski definition) is 4. The lowest BCUT2D eigenvalue weighted by atomic mass is 9.89. The molecule has 2 aliphatic rings. The summed E-state index contributed by atoms with van der Waals surface area (Å²) in [7, 11) is 0. The zero-order chi connectivity index (χ0) is 18.9. The van der Waals surface area contributed by atoms with Gasteiger partial charge < -0.3 is 20.1 Å². The Morgan fingerprint density at radius 1 is 1.35 bits per heavy atom. The highest BCUT2D eigenvalue weighted by Gasteiger charge is 2.44. The minimum absolute atomic E-state index is 0.00550. The number of benzene rings is 1. The van der Waals surface area contributed by atoms with E-state index in [4.69, 9.17) is 4.74 Å². The zero-order valence-electron chi connectivity index (χ0n) is 14.5. The van der Waals surface area contributed by atoms with Crippen LogP contribution >= 0.6 is 0 Å². The molecule has 140 valence electrons. The molecule has 0 radical (unpaired) electrons. The number of halogens is 1. The number of carbonyl (C=O) groups is 3. The third-order valence-corrected chi connectivity index (χ3v) is 5.07. The molecule has 2 fully saturated rings. The Labute approximate surface area is 150 Å². The van der Waals surface area contributed by atoms with E-state index in [1.54, 1.807) is 13.0 Å². The van der Waals surface area contributed by atoms with Gasteiger partial charge in [0.25, 0.3) is 0 Å². The third kappa shape index (κ3) is 3.41. The fourth-order valence-electron chi connectivity index (χ4n) is 3.38. The molecule has 2 aliphatic heterocycles. The maximum atomic E-state index is 13.4. The molecule has 1 unspecified atom stereocenters. The molecule has 7 nitrogen and oxygen atoms in total. The number of carboxylic acids is 1. The summed E-state index contributed by atoms with van der Waals surface area (Å²) in [6.45, 7) is 2.27. The second kappa shape index (κ2) is 7.03. The van der Waals surface area contributed by atoms with Crippen molar-refractivity contribution in [3.05, 3.63) is 29.6 Å². The number of aryl methyl sites for hydroxylation is 1. The van der Waals surface area contributed by atoms with Crippen molar-refractivity contribution in [1.82, 2.24) is 5.32 Å². The first-order valence-corrected chi connectivity index (χ1v) is 8.52. The zero-order valence-corrected chi connectivity index (χ0v) is 14.5. The van der Waals surface area contributed by atoms with E-state index >= 15 is 0 Å². The highest BCUT2D eigenvalue weighted by atomic mass is 19.1. The molecule has 2 heterocycles. The van der Waals surface area contributed by atoms with Crippen molar-refractivity contribution in [1.29, 1.82) is 0 Å². The summed E-state index contributed by atoms with van der Waals surface area (Å²) in [5.74, 6) is -2.80. The largest absolute Gasteiger partial charge is 0.480 e. The van der Waals surface area contributed by atoms with Gasteiger partial charge in [-0.1, -0.05) is 0 Å². The first-order chi connectivity index (χ1) is 12.3. The summed E-state index contributed by atoms with van der Waals surface area (Å²) in [5, 5.41) is 12.2. The fraction of sp³-hybridized carbons (Fsp3) is 0.500. The highest BCUT2D eigenvalue weighted by Crippen LogP contribution is 2.28. The number of ether oxygens (including phenoxy) is 1. The van der Waals surface area contributed by atoms with Gasteiger partial charge in [0.15, 0.2) is 0 Å². The number of hydrogen-bond donors (Lipinski definition) is 2. The number of rotatable bonds is 4. The van der Waals surface area contributed by atoms with E-state index in [1.807, 2.05) is 0 Å². The maximum absolute atomic E-state index is 13.4. The van der Waals surface area contributed by atoms with Crippen LogP contribution in [0.5, 0.6) is 0 Å². The van der Waals surface area contributed by atoms with Gasteiger partial charge in [-0.25, -0.2) is 9.18 Å². The number of amides is 2. The molecule has 26 heavy (non-hydrogen) atoms. The molecule has 1 aromatic rings. The molecule has 1 atom stereocenters. The minimum atomic E-state index is -1.35. The second-order valence-electron chi connectivity index (χ2n) is 6.83. The lowest BCUT2D eigenvalue weighted by Crippen LogP contribution is -2.58. The molecule has 0 saturated carbocycles. The van der Waals surface area contributed by atoms with Crippen molar-refractivity contribution in [2.24, 2.45) is 5.92 Å². The number of carbonyl (C=O) groups excluding carboxylic acids is 2. The van der Waals surface area contributed by atoms with Crippen molar-refractivity contribution in [3.8, 4) is 0 Å². The Balaban J connectivity index is 1.72. The Hall–Kier alpha value is -2.48. The first-order valence-electron chi connectivity index (χ1n) is 8.52. The fourth-order valence-corrected chi connectivity index (χ4v) is 3.38. The molecular weight excluding hydrogens is 343 g/mol. The maximum Gasteiger partial charge on any atom is 0.329 e. The van der Waals surface area contributed by atoms with E-state index < -0.39 is 23.3 Å². The van der Waals surface area contributed by atoms with Crippen molar-refractivity contribution >= 4 is 23.5 Å². The Bertz CT molecular complexity index is 745. The lowest BCUT2D eigenvalue weighted by Gasteiger charge is -2.34. The predicted octanol–water partition coefficient (Wildman–Crippen LogP) is 1.24. The van der Waals surface area contributed by atoms with Crippen molar-refractivity contribution < 1.29 is 28.6 Å². The summed E-state index contributed by atoms with van der Waals surface area (Å²) in [5.41, 5.74) is -0.406. The summed E-state index contributed by atoms with van der Waals surface area (Å²) in [6.07, 6.45) is 0.375. The van der Waals surface area contributed by atoms with Gasteiger partial charge in [-0.15, -0.1) is 0 Å². The average Bonchev–Trinajstić information content (AvgIpc) is 3.00. The number of carboxylic acid groups (broad SMARTS) is 1. The average molecular weight is 364 g/mol. The molecule has 2 N–H and O–H groups in total. The minimum Gasteiger partial charge on any atom is -0.480 e. The SMILES string of the molecule is Cc1cc(N2CC(C(=O)NC3(C(=O)O)CCOCC3)CC2=O)ccc1F. The van der Waals surface area contributed by atoms with E-state index in [1.165, 1.54) is 17.0 Å². The molecular formula is C18H21FN2O5. The van der Waals surface area contributed by atoms with Gasteiger partial charge in [-0.05, 0) is 30.7 Å². The van der Waals surface area contributed by atoms with Crippen LogP contribution < -0.4 is 10.2 Å². The van der Waals surface area contributed by atoms with Crippen molar-refractivity contribution in [2.75, 3.05) is 24.7 Å². The second-order valence-corrected chi connectivity index (χ2v) is 6.83. The van der Waals surface area contributed by atoms with Crippen molar-refractivity contribution in [2.45, 2.75) is 31.7 Å². The topological polar surface area (TPSA) is 95.9 Å². The van der Waals surface area contributed by atoms with E-state index in [0.29, 0.717) is 11.3 Å². The van der Waals surface area contributed by atoms with Crippen LogP contribution in [0.1, 0.15) is 24.8 Å². The number of aliphatic carboxylic acids is 1. The lowest BCUT2D eigenvalue weighted by molar-refractivity contribution is -0.152. The van der Waals surface area contributed by atoms with E-state index in [9.17, 15) is 23.9 Å². The molecule has 3 rings (SSSR count). The number of nitrogens with zero attached hydrogens (tertiary/aromatic N) is 1. The molecule has 0 aromatic heterocycles. The van der Waals surface area contributed by atoms with Gasteiger partial charge in [0.05, 0.1) is 5.92 Å². The predicted molar refractivity (Wildman–Crippen MR) is 90.2 cm³/mol. The summed E-state index contributed by atoms with van der Waals surface area (Å²) >= 11 is 0. The monoisotopic (exact) mass is 364 g/mol. The Morgan fingerprint density at radius 3 is 2.65 bits per heavy atom. The summed E-state index contributed by atoms with van der Waals surface area (Å²) < 4.78 is 18.6. The summed E-state index contributed by atoms with van der Waals surface area (Å²) in [6, 6.07) is 4.34. The van der Waals surface area contributed by atoms with Crippen LogP contribution in [0.3, 0.4) is 0 Å². The molecule has 8 heteroatoms. The highest BCUT2D eigenvalue weighted by molar-refractivity contribution is 6.01.